The number of piperazine rings is 1. The largest absolute Gasteiger partial charge is 0.356 e. The van der Waals surface area contributed by atoms with Crippen molar-refractivity contribution in [3.8, 4) is 0 Å². The summed E-state index contributed by atoms with van der Waals surface area (Å²) in [5.41, 5.74) is 3.15. The first-order valence-corrected chi connectivity index (χ1v) is 9.89. The van der Waals surface area contributed by atoms with Gasteiger partial charge in [-0.3, -0.25) is 4.79 Å². The van der Waals surface area contributed by atoms with Gasteiger partial charge in [0.1, 0.15) is 5.82 Å². The van der Waals surface area contributed by atoms with Gasteiger partial charge in [0.2, 0.25) is 11.9 Å². The van der Waals surface area contributed by atoms with Gasteiger partial charge in [-0.2, -0.15) is 0 Å². The summed E-state index contributed by atoms with van der Waals surface area (Å²) >= 11 is 0. The van der Waals surface area contributed by atoms with E-state index in [0.717, 1.165) is 34.2 Å². The number of benzene rings is 1. The second-order valence-corrected chi connectivity index (χ2v) is 7.54. The molecule has 152 valence electrons. The molecule has 9 nitrogen and oxygen atoms in total. The molecule has 4 heterocycles. The number of carbonyl (C=O) groups is 1. The van der Waals surface area contributed by atoms with Crippen molar-refractivity contribution >= 4 is 45.2 Å². The molecule has 0 radical (unpaired) electrons. The second-order valence-electron chi connectivity index (χ2n) is 7.54. The predicted molar refractivity (Wildman–Crippen MR) is 114 cm³/mol. The molecule has 1 fully saturated rings. The summed E-state index contributed by atoms with van der Waals surface area (Å²) < 4.78 is 5.48. The summed E-state index contributed by atoms with van der Waals surface area (Å²) in [4.78, 5) is 27.3. The zero-order valence-corrected chi connectivity index (χ0v) is 16.7. The number of pyridine rings is 1. The van der Waals surface area contributed by atoms with Gasteiger partial charge in [0.05, 0.1) is 35.0 Å². The molecule has 0 spiro atoms. The molecule has 0 bridgehead atoms. The van der Waals surface area contributed by atoms with Crippen molar-refractivity contribution < 1.29 is 9.32 Å². The normalized spacial score (nSPS) is 14.8. The number of rotatable bonds is 4. The van der Waals surface area contributed by atoms with Crippen LogP contribution in [-0.4, -0.2) is 45.7 Å². The van der Waals surface area contributed by atoms with Crippen molar-refractivity contribution in [3.05, 3.63) is 42.4 Å². The lowest BCUT2D eigenvalue weighted by molar-refractivity contribution is -0.118. The number of fused-ring (bicyclic) bond motifs is 3. The molecular formula is C21H21N7O2. The fourth-order valence-corrected chi connectivity index (χ4v) is 3.61. The quantitative estimate of drug-likeness (QED) is 0.535. The summed E-state index contributed by atoms with van der Waals surface area (Å²) in [5.74, 6) is 1.29. The van der Waals surface area contributed by atoms with Crippen LogP contribution in [0.4, 0.5) is 17.5 Å². The number of carbonyl (C=O) groups excluding carboxylic acids is 1. The van der Waals surface area contributed by atoms with Gasteiger partial charge < -0.3 is 20.1 Å². The van der Waals surface area contributed by atoms with E-state index in [4.69, 9.17) is 9.51 Å². The van der Waals surface area contributed by atoms with E-state index < -0.39 is 0 Å². The lowest BCUT2D eigenvalue weighted by atomic mass is 10.0. The third-order valence-electron chi connectivity index (χ3n) is 5.15. The third-order valence-corrected chi connectivity index (χ3v) is 5.15. The van der Waals surface area contributed by atoms with E-state index in [1.54, 1.807) is 17.3 Å². The Labute approximate surface area is 172 Å². The first kappa shape index (κ1) is 18.4. The maximum Gasteiger partial charge on any atom is 0.241 e. The monoisotopic (exact) mass is 403 g/mol. The van der Waals surface area contributed by atoms with Crippen molar-refractivity contribution in [2.75, 3.05) is 29.9 Å². The summed E-state index contributed by atoms with van der Waals surface area (Å²) in [6.07, 6.45) is 3.46. The number of amides is 1. The van der Waals surface area contributed by atoms with Crippen LogP contribution in [0.5, 0.6) is 0 Å². The van der Waals surface area contributed by atoms with Gasteiger partial charge in [0.25, 0.3) is 0 Å². The van der Waals surface area contributed by atoms with Gasteiger partial charge >= 0.3 is 0 Å². The highest BCUT2D eigenvalue weighted by Gasteiger charge is 2.20. The van der Waals surface area contributed by atoms with Gasteiger partial charge in [-0.15, -0.1) is 0 Å². The molecule has 30 heavy (non-hydrogen) atoms. The first-order valence-electron chi connectivity index (χ1n) is 9.89. The van der Waals surface area contributed by atoms with Crippen molar-refractivity contribution in [2.24, 2.45) is 0 Å². The minimum atomic E-state index is 0.0420. The Bertz CT molecular complexity index is 1230. The van der Waals surface area contributed by atoms with E-state index in [9.17, 15) is 4.79 Å². The Kier molecular flexibility index (Phi) is 4.51. The molecule has 5 rings (SSSR count). The van der Waals surface area contributed by atoms with E-state index >= 15 is 0 Å². The van der Waals surface area contributed by atoms with Gasteiger partial charge in [0, 0.05) is 24.7 Å². The van der Waals surface area contributed by atoms with Gasteiger partial charge in [-0.25, -0.2) is 15.0 Å². The second kappa shape index (κ2) is 7.34. The average molecular weight is 403 g/mol. The van der Waals surface area contributed by atoms with Crippen molar-refractivity contribution in [3.63, 3.8) is 0 Å². The van der Waals surface area contributed by atoms with E-state index in [1.807, 2.05) is 24.3 Å². The minimum Gasteiger partial charge on any atom is -0.356 e. The number of anilines is 3. The molecule has 1 aromatic carbocycles. The van der Waals surface area contributed by atoms with E-state index in [1.165, 1.54) is 0 Å². The van der Waals surface area contributed by atoms with Gasteiger partial charge in [0.15, 0.2) is 5.58 Å². The highest BCUT2D eigenvalue weighted by molar-refractivity contribution is 6.04. The Morgan fingerprint density at radius 1 is 1.17 bits per heavy atom. The Morgan fingerprint density at radius 3 is 2.83 bits per heavy atom. The van der Waals surface area contributed by atoms with Crippen LogP contribution in [0.1, 0.15) is 25.5 Å². The van der Waals surface area contributed by atoms with Crippen LogP contribution < -0.4 is 15.5 Å². The lowest BCUT2D eigenvalue weighted by Gasteiger charge is -2.27. The maximum absolute atomic E-state index is 12.0. The van der Waals surface area contributed by atoms with Crippen LogP contribution in [0.3, 0.4) is 0 Å². The molecule has 1 aliphatic heterocycles. The number of hydrogen-bond acceptors (Lipinski definition) is 8. The Hall–Kier alpha value is -3.59. The lowest BCUT2D eigenvalue weighted by Crippen LogP contribution is -2.48. The highest BCUT2D eigenvalue weighted by Crippen LogP contribution is 2.31. The molecular weight excluding hydrogens is 382 g/mol. The Morgan fingerprint density at radius 2 is 2.07 bits per heavy atom. The standard InChI is InChI=1S/C21H21N7O2/c1-12(2)19-18-15(30-27-19)5-3-13-9-24-21(26-20(13)18)25-16-6-4-14(10-23-16)28-8-7-22-11-17(28)29/h3-6,9-10,12,22H,7-8,11H2,1-2H3,(H,23,24,25,26). The Balaban J connectivity index is 1.46. The van der Waals surface area contributed by atoms with Crippen LogP contribution in [-0.2, 0) is 4.79 Å². The molecule has 0 atom stereocenters. The number of nitrogens with zero attached hydrogens (tertiary/aromatic N) is 5. The molecule has 3 aromatic heterocycles. The summed E-state index contributed by atoms with van der Waals surface area (Å²) in [6, 6.07) is 7.51. The molecule has 2 N–H and O–H groups in total. The van der Waals surface area contributed by atoms with Crippen LogP contribution in [0.2, 0.25) is 0 Å². The molecule has 1 saturated heterocycles. The maximum atomic E-state index is 12.0. The zero-order valence-electron chi connectivity index (χ0n) is 16.7. The summed E-state index contributed by atoms with van der Waals surface area (Å²) in [6.45, 7) is 5.90. The topological polar surface area (TPSA) is 109 Å². The van der Waals surface area contributed by atoms with Crippen LogP contribution in [0, 0.1) is 0 Å². The van der Waals surface area contributed by atoms with E-state index in [2.05, 4.69) is 39.6 Å². The number of hydrogen-bond donors (Lipinski definition) is 2. The number of nitrogens with one attached hydrogen (secondary N) is 2. The SMILES string of the molecule is CC(C)c1noc2ccc3cnc(Nc4ccc(N5CCNCC5=O)cn4)nc3c12. The average Bonchev–Trinajstić information content (AvgIpc) is 3.20. The minimum absolute atomic E-state index is 0.0420. The molecule has 0 saturated carbocycles. The molecule has 0 aliphatic carbocycles. The van der Waals surface area contributed by atoms with E-state index in [-0.39, 0.29) is 11.8 Å². The van der Waals surface area contributed by atoms with Crippen molar-refractivity contribution in [1.29, 1.82) is 0 Å². The fraction of sp³-hybridized carbons (Fsp3) is 0.286. The highest BCUT2D eigenvalue weighted by atomic mass is 16.5. The number of aromatic nitrogens is 4. The molecule has 9 heteroatoms. The van der Waals surface area contributed by atoms with Crippen LogP contribution >= 0.6 is 0 Å². The van der Waals surface area contributed by atoms with Crippen molar-refractivity contribution in [2.45, 2.75) is 19.8 Å². The first-order chi connectivity index (χ1) is 14.6. The third kappa shape index (κ3) is 3.22. The van der Waals surface area contributed by atoms with Crippen LogP contribution in [0.25, 0.3) is 21.9 Å². The van der Waals surface area contributed by atoms with Crippen LogP contribution in [0.15, 0.2) is 41.2 Å². The van der Waals surface area contributed by atoms with Gasteiger partial charge in [-0.05, 0) is 30.2 Å². The van der Waals surface area contributed by atoms with E-state index in [0.29, 0.717) is 30.4 Å². The molecule has 1 aliphatic rings. The zero-order chi connectivity index (χ0) is 20.7. The molecule has 4 aromatic rings. The van der Waals surface area contributed by atoms with Crippen molar-refractivity contribution in [1.82, 2.24) is 25.4 Å². The van der Waals surface area contributed by atoms with Gasteiger partial charge in [-0.1, -0.05) is 19.0 Å². The summed E-state index contributed by atoms with van der Waals surface area (Å²) in [5, 5.41) is 12.2. The molecule has 0 unspecified atom stereocenters. The molecule has 1 amide bonds. The smallest absolute Gasteiger partial charge is 0.241 e. The summed E-state index contributed by atoms with van der Waals surface area (Å²) in [7, 11) is 0. The fourth-order valence-electron chi connectivity index (χ4n) is 3.61. The predicted octanol–water partition coefficient (Wildman–Crippen LogP) is 2.97.